The van der Waals surface area contributed by atoms with Crippen LogP contribution in [0.25, 0.3) is 21.9 Å². The van der Waals surface area contributed by atoms with Crippen molar-refractivity contribution in [3.8, 4) is 0 Å². The number of fused-ring (bicyclic) bond motifs is 2. The van der Waals surface area contributed by atoms with E-state index < -0.39 is 0 Å². The molecule has 2 heterocycles. The van der Waals surface area contributed by atoms with Crippen LogP contribution in [0.1, 0.15) is 30.0 Å². The van der Waals surface area contributed by atoms with Gasteiger partial charge in [-0.15, -0.1) is 0 Å². The summed E-state index contributed by atoms with van der Waals surface area (Å²) in [5.74, 6) is 0.527. The highest BCUT2D eigenvalue weighted by molar-refractivity contribution is 7.98. The molecule has 0 spiro atoms. The normalized spacial score (nSPS) is 11.4. The van der Waals surface area contributed by atoms with Crippen LogP contribution < -0.4 is 11.2 Å². The Hall–Kier alpha value is -2.86. The van der Waals surface area contributed by atoms with E-state index in [1.54, 1.807) is 4.57 Å². The quantitative estimate of drug-likeness (QED) is 0.270. The van der Waals surface area contributed by atoms with Gasteiger partial charge in [-0.3, -0.25) is 9.36 Å². The highest BCUT2D eigenvalue weighted by Gasteiger charge is 2.14. The number of hydrogen-bond donors (Lipinski definition) is 0. The van der Waals surface area contributed by atoms with Crippen molar-refractivity contribution in [1.82, 2.24) is 9.55 Å². The zero-order chi connectivity index (χ0) is 20.5. The summed E-state index contributed by atoms with van der Waals surface area (Å²) in [6, 6.07) is 13.0. The molecule has 0 aliphatic heterocycles. The van der Waals surface area contributed by atoms with Crippen LogP contribution in [0.4, 0.5) is 0 Å². The minimum absolute atomic E-state index is 0.0242. The molecule has 148 valence electrons. The molecule has 0 saturated carbocycles. The fourth-order valence-electron chi connectivity index (χ4n) is 3.46. The van der Waals surface area contributed by atoms with Crippen molar-refractivity contribution in [2.45, 2.75) is 44.6 Å². The lowest BCUT2D eigenvalue weighted by molar-refractivity contribution is 0.557. The minimum Gasteiger partial charge on any atom is -0.422 e. The summed E-state index contributed by atoms with van der Waals surface area (Å²) in [6.45, 7) is 6.60. The van der Waals surface area contributed by atoms with Crippen LogP contribution in [0.5, 0.6) is 0 Å². The van der Waals surface area contributed by atoms with Gasteiger partial charge in [0.1, 0.15) is 5.58 Å². The van der Waals surface area contributed by atoms with Gasteiger partial charge in [0.25, 0.3) is 5.56 Å². The average molecular weight is 407 g/mol. The van der Waals surface area contributed by atoms with Crippen LogP contribution in [0.15, 0.2) is 61.6 Å². The lowest BCUT2D eigenvalue weighted by atomic mass is 10.0. The summed E-state index contributed by atoms with van der Waals surface area (Å²) < 4.78 is 7.20. The van der Waals surface area contributed by atoms with Crippen molar-refractivity contribution in [1.29, 1.82) is 0 Å². The molecule has 2 aromatic heterocycles. The first-order chi connectivity index (χ1) is 14.0. The molecule has 0 unspecified atom stereocenters. The van der Waals surface area contributed by atoms with E-state index in [0.717, 1.165) is 28.5 Å². The summed E-state index contributed by atoms with van der Waals surface area (Å²) in [5, 5.41) is 2.22. The molecule has 5 nitrogen and oxygen atoms in total. The summed E-state index contributed by atoms with van der Waals surface area (Å²) in [6.07, 6.45) is 0.837. The summed E-state index contributed by atoms with van der Waals surface area (Å²) in [5.41, 5.74) is 3.87. The van der Waals surface area contributed by atoms with E-state index in [2.05, 4.69) is 0 Å². The van der Waals surface area contributed by atoms with E-state index in [9.17, 15) is 9.59 Å². The summed E-state index contributed by atoms with van der Waals surface area (Å²) in [4.78, 5) is 29.8. The maximum absolute atomic E-state index is 12.9. The SMILES string of the molecule is CCCn1c(SCc2cc(=O)oc3c(C)c(C)ccc23)nc2ccccc2c1=O. The molecule has 4 aromatic rings. The fraction of sp³-hybridized carbons (Fsp3) is 0.261. The van der Waals surface area contributed by atoms with Gasteiger partial charge in [0.15, 0.2) is 5.16 Å². The summed E-state index contributed by atoms with van der Waals surface area (Å²) >= 11 is 1.47. The number of aromatic nitrogens is 2. The Bertz CT molecular complexity index is 1340. The molecule has 6 heteroatoms. The average Bonchev–Trinajstić information content (AvgIpc) is 2.71. The van der Waals surface area contributed by atoms with E-state index in [-0.39, 0.29) is 11.2 Å². The molecule has 0 aliphatic rings. The molecule has 4 rings (SSSR count). The largest absolute Gasteiger partial charge is 0.422 e. The van der Waals surface area contributed by atoms with Crippen molar-refractivity contribution in [2.75, 3.05) is 0 Å². The van der Waals surface area contributed by atoms with Gasteiger partial charge in [0, 0.05) is 23.8 Å². The van der Waals surface area contributed by atoms with Gasteiger partial charge in [-0.1, -0.05) is 43.0 Å². The maximum atomic E-state index is 12.9. The predicted octanol–water partition coefficient (Wildman–Crippen LogP) is 4.82. The third-order valence-corrected chi connectivity index (χ3v) is 6.17. The third kappa shape index (κ3) is 3.60. The standard InChI is InChI=1S/C23H22N2O3S/c1-4-11-25-22(27)18-7-5-6-8-19(18)24-23(25)29-13-16-12-20(26)28-21-15(3)14(2)9-10-17(16)21/h5-10,12H,4,11,13H2,1-3H3. The van der Waals surface area contributed by atoms with Crippen LogP contribution >= 0.6 is 11.8 Å². The van der Waals surface area contributed by atoms with E-state index in [1.165, 1.54) is 17.8 Å². The Labute approximate surface area is 172 Å². The highest BCUT2D eigenvalue weighted by atomic mass is 32.2. The molecule has 0 amide bonds. The Kier molecular flexibility index (Phi) is 5.28. The molecule has 0 fully saturated rings. The van der Waals surface area contributed by atoms with Crippen LogP contribution in [-0.4, -0.2) is 9.55 Å². The van der Waals surface area contributed by atoms with Crippen LogP contribution in [0.2, 0.25) is 0 Å². The van der Waals surface area contributed by atoms with Crippen molar-refractivity contribution in [3.05, 3.63) is 79.9 Å². The minimum atomic E-state index is -0.362. The van der Waals surface area contributed by atoms with Gasteiger partial charge in [-0.25, -0.2) is 9.78 Å². The van der Waals surface area contributed by atoms with Crippen molar-refractivity contribution >= 4 is 33.6 Å². The van der Waals surface area contributed by atoms with Crippen LogP contribution in [0, 0.1) is 13.8 Å². The van der Waals surface area contributed by atoms with E-state index in [1.807, 2.05) is 57.2 Å². The second-order valence-corrected chi connectivity index (χ2v) is 8.07. The first kappa shape index (κ1) is 19.5. The third-order valence-electron chi connectivity index (χ3n) is 5.15. The molecular weight excluding hydrogens is 384 g/mol. The number of benzene rings is 2. The first-order valence-corrected chi connectivity index (χ1v) is 10.6. The zero-order valence-electron chi connectivity index (χ0n) is 16.7. The smallest absolute Gasteiger partial charge is 0.336 e. The monoisotopic (exact) mass is 406 g/mol. The summed E-state index contributed by atoms with van der Waals surface area (Å²) in [7, 11) is 0. The predicted molar refractivity (Wildman–Crippen MR) is 118 cm³/mol. The van der Waals surface area contributed by atoms with Crippen molar-refractivity contribution in [3.63, 3.8) is 0 Å². The zero-order valence-corrected chi connectivity index (χ0v) is 17.5. The molecule has 0 radical (unpaired) electrons. The molecule has 2 aromatic carbocycles. The molecule has 0 saturated heterocycles. The number of hydrogen-bond acceptors (Lipinski definition) is 5. The number of para-hydroxylation sites is 1. The number of nitrogens with zero attached hydrogens (tertiary/aromatic N) is 2. The van der Waals surface area contributed by atoms with Gasteiger partial charge in [-0.2, -0.15) is 0 Å². The highest BCUT2D eigenvalue weighted by Crippen LogP contribution is 2.28. The molecular formula is C23H22N2O3S. The number of rotatable bonds is 5. The van der Waals surface area contributed by atoms with Gasteiger partial charge in [0.05, 0.1) is 10.9 Å². The molecule has 0 bridgehead atoms. The topological polar surface area (TPSA) is 65.1 Å². The number of aryl methyl sites for hydroxylation is 2. The number of thioether (sulfide) groups is 1. The van der Waals surface area contributed by atoms with Gasteiger partial charge >= 0.3 is 5.63 Å². The maximum Gasteiger partial charge on any atom is 0.336 e. The molecule has 0 atom stereocenters. The Morgan fingerprint density at radius 3 is 2.66 bits per heavy atom. The lowest BCUT2D eigenvalue weighted by Crippen LogP contribution is -2.23. The molecule has 0 N–H and O–H groups in total. The van der Waals surface area contributed by atoms with Crippen molar-refractivity contribution < 1.29 is 4.42 Å². The Balaban J connectivity index is 1.79. The van der Waals surface area contributed by atoms with E-state index in [0.29, 0.717) is 33.9 Å². The Morgan fingerprint density at radius 2 is 1.86 bits per heavy atom. The van der Waals surface area contributed by atoms with Gasteiger partial charge < -0.3 is 4.42 Å². The van der Waals surface area contributed by atoms with Crippen LogP contribution in [0.3, 0.4) is 0 Å². The lowest BCUT2D eigenvalue weighted by Gasteiger charge is -2.13. The first-order valence-electron chi connectivity index (χ1n) is 9.65. The second kappa shape index (κ2) is 7.87. The molecule has 29 heavy (non-hydrogen) atoms. The second-order valence-electron chi connectivity index (χ2n) is 7.13. The molecule has 0 aliphatic carbocycles. The fourth-order valence-corrected chi connectivity index (χ4v) is 4.48. The van der Waals surface area contributed by atoms with E-state index >= 15 is 0 Å². The van der Waals surface area contributed by atoms with Gasteiger partial charge in [0.2, 0.25) is 0 Å². The van der Waals surface area contributed by atoms with Gasteiger partial charge in [-0.05, 0) is 49.1 Å². The Morgan fingerprint density at radius 1 is 1.07 bits per heavy atom. The van der Waals surface area contributed by atoms with E-state index in [4.69, 9.17) is 9.40 Å². The van der Waals surface area contributed by atoms with Crippen LogP contribution in [-0.2, 0) is 12.3 Å². The van der Waals surface area contributed by atoms with Crippen molar-refractivity contribution in [2.24, 2.45) is 0 Å².